The average molecular weight is 535 g/mol. The van der Waals surface area contributed by atoms with Gasteiger partial charge in [-0.25, -0.2) is 0 Å². The van der Waals surface area contributed by atoms with Crippen molar-refractivity contribution in [1.29, 1.82) is 0 Å². The van der Waals surface area contributed by atoms with E-state index >= 15 is 0 Å². The van der Waals surface area contributed by atoms with Gasteiger partial charge in [-0.2, -0.15) is 0 Å². The van der Waals surface area contributed by atoms with Gasteiger partial charge in [0.2, 0.25) is 11.8 Å². The maximum atomic E-state index is 13.7. The maximum absolute atomic E-state index is 13.7. The number of fused-ring (bicyclic) bond motifs is 1. The maximum Gasteiger partial charge on any atom is 0.228 e. The van der Waals surface area contributed by atoms with Crippen LogP contribution in [0.25, 0.3) is 0 Å². The van der Waals surface area contributed by atoms with Crippen LogP contribution in [0.1, 0.15) is 36.0 Å². The fourth-order valence-electron chi connectivity index (χ4n) is 6.44. The highest BCUT2D eigenvalue weighted by atomic mass is 16.5. The van der Waals surface area contributed by atoms with E-state index in [1.807, 2.05) is 29.2 Å². The van der Waals surface area contributed by atoms with Crippen molar-refractivity contribution in [2.45, 2.75) is 44.7 Å². The molecule has 5 rings (SSSR count). The van der Waals surface area contributed by atoms with E-state index in [-0.39, 0.29) is 23.7 Å². The molecular weight excluding hydrogens is 492 g/mol. The Bertz CT molecular complexity index is 1200. The molecule has 0 aromatic heterocycles. The number of likely N-dealkylation sites (tertiary alicyclic amines) is 2. The van der Waals surface area contributed by atoms with Crippen molar-refractivity contribution >= 4 is 17.5 Å². The molecule has 210 valence electrons. The number of benzene rings is 2. The first-order valence-corrected chi connectivity index (χ1v) is 14.2. The van der Waals surface area contributed by atoms with Crippen molar-refractivity contribution in [3.05, 3.63) is 53.1 Å². The fourth-order valence-corrected chi connectivity index (χ4v) is 6.44. The molecule has 2 aliphatic heterocycles. The van der Waals surface area contributed by atoms with Gasteiger partial charge < -0.3 is 24.6 Å². The lowest BCUT2D eigenvalue weighted by Crippen LogP contribution is -2.49. The van der Waals surface area contributed by atoms with E-state index in [0.717, 1.165) is 43.6 Å². The zero-order valence-corrected chi connectivity index (χ0v) is 23.7. The minimum atomic E-state index is -0.270. The van der Waals surface area contributed by atoms with Crippen molar-refractivity contribution in [3.63, 3.8) is 0 Å². The van der Waals surface area contributed by atoms with Gasteiger partial charge >= 0.3 is 0 Å². The molecule has 1 N–H and O–H groups in total. The number of ether oxygens (including phenoxy) is 2. The Kier molecular flexibility index (Phi) is 8.43. The molecule has 2 amide bonds. The number of likely N-dealkylation sites (N-methyl/N-ethyl adjacent to an activating group) is 1. The van der Waals surface area contributed by atoms with Crippen LogP contribution < -0.4 is 14.8 Å². The average Bonchev–Trinajstić information content (AvgIpc) is 3.62. The van der Waals surface area contributed by atoms with Gasteiger partial charge in [-0.3, -0.25) is 14.5 Å². The summed E-state index contributed by atoms with van der Waals surface area (Å²) in [6, 6.07) is 12.6. The van der Waals surface area contributed by atoms with Gasteiger partial charge in [0.1, 0.15) is 0 Å². The van der Waals surface area contributed by atoms with Gasteiger partial charge in [-0.05, 0) is 87.2 Å². The molecule has 0 radical (unpaired) electrons. The van der Waals surface area contributed by atoms with Gasteiger partial charge in [0.15, 0.2) is 11.5 Å². The van der Waals surface area contributed by atoms with Crippen LogP contribution in [0.2, 0.25) is 0 Å². The highest BCUT2D eigenvalue weighted by molar-refractivity contribution is 5.93. The smallest absolute Gasteiger partial charge is 0.228 e. The van der Waals surface area contributed by atoms with Crippen LogP contribution in [-0.2, 0) is 29.0 Å². The predicted molar refractivity (Wildman–Crippen MR) is 152 cm³/mol. The summed E-state index contributed by atoms with van der Waals surface area (Å²) in [6.45, 7) is 3.41. The van der Waals surface area contributed by atoms with E-state index in [2.05, 4.69) is 41.3 Å². The molecule has 3 aliphatic rings. The van der Waals surface area contributed by atoms with E-state index < -0.39 is 0 Å². The number of methoxy groups -OCH3 is 2. The summed E-state index contributed by atoms with van der Waals surface area (Å²) < 4.78 is 10.9. The van der Waals surface area contributed by atoms with Crippen LogP contribution in [0.15, 0.2) is 36.4 Å². The minimum Gasteiger partial charge on any atom is -0.493 e. The second-order valence-corrected chi connectivity index (χ2v) is 11.5. The second-order valence-electron chi connectivity index (χ2n) is 11.5. The Morgan fingerprint density at radius 1 is 0.949 bits per heavy atom. The molecule has 1 aliphatic carbocycles. The van der Waals surface area contributed by atoms with Gasteiger partial charge in [0.05, 0.1) is 26.1 Å². The topological polar surface area (TPSA) is 74.4 Å². The fraction of sp³-hybridized carbons (Fsp3) is 0.548. The third kappa shape index (κ3) is 6.23. The molecule has 3 atom stereocenters. The summed E-state index contributed by atoms with van der Waals surface area (Å²) in [5, 5.41) is 3.18. The number of carbonyl (C=O) groups is 2. The quantitative estimate of drug-likeness (QED) is 0.560. The number of nitrogens with zero attached hydrogens (tertiary/aromatic N) is 3. The van der Waals surface area contributed by atoms with Crippen molar-refractivity contribution in [1.82, 2.24) is 14.7 Å². The van der Waals surface area contributed by atoms with E-state index in [0.29, 0.717) is 43.6 Å². The SMILES string of the molecule is COc1ccc(CN2C[C@H](C(=O)Nc3ccc4c(c3)CCC4)C[C@H](C(=O)N3CCC(N(C)C)C3)C2)cc1OC. The number of carbonyl (C=O) groups excluding carboxylic acids is 2. The van der Waals surface area contributed by atoms with E-state index in [9.17, 15) is 9.59 Å². The molecule has 0 saturated carbocycles. The molecule has 2 aromatic carbocycles. The third-order valence-corrected chi connectivity index (χ3v) is 8.67. The summed E-state index contributed by atoms with van der Waals surface area (Å²) in [7, 11) is 7.41. The Hall–Kier alpha value is -3.10. The molecule has 1 unspecified atom stereocenters. The van der Waals surface area contributed by atoms with Crippen LogP contribution in [0.3, 0.4) is 0 Å². The normalized spacial score (nSPS) is 23.1. The van der Waals surface area contributed by atoms with Gasteiger partial charge in [0.25, 0.3) is 0 Å². The predicted octanol–water partition coefficient (Wildman–Crippen LogP) is 3.43. The van der Waals surface area contributed by atoms with Crippen molar-refractivity contribution in [2.75, 3.05) is 59.8 Å². The zero-order chi connectivity index (χ0) is 27.5. The van der Waals surface area contributed by atoms with Gasteiger partial charge in [0, 0.05) is 44.5 Å². The number of aryl methyl sites for hydroxylation is 2. The van der Waals surface area contributed by atoms with Gasteiger partial charge in [-0.15, -0.1) is 0 Å². The number of hydrogen-bond donors (Lipinski definition) is 1. The third-order valence-electron chi connectivity index (χ3n) is 8.67. The molecule has 0 bridgehead atoms. The zero-order valence-electron chi connectivity index (χ0n) is 23.7. The van der Waals surface area contributed by atoms with Crippen molar-refractivity contribution in [3.8, 4) is 11.5 Å². The Labute approximate surface area is 232 Å². The van der Waals surface area contributed by atoms with Crippen molar-refractivity contribution < 1.29 is 19.1 Å². The lowest BCUT2D eigenvalue weighted by atomic mass is 9.87. The molecule has 0 spiro atoms. The minimum absolute atomic E-state index is 0.00431. The Balaban J connectivity index is 1.33. The summed E-state index contributed by atoms with van der Waals surface area (Å²) in [5.41, 5.74) is 4.64. The summed E-state index contributed by atoms with van der Waals surface area (Å²) in [4.78, 5) is 33.7. The van der Waals surface area contributed by atoms with Crippen molar-refractivity contribution in [2.24, 2.45) is 11.8 Å². The highest BCUT2D eigenvalue weighted by Crippen LogP contribution is 2.32. The first-order chi connectivity index (χ1) is 18.8. The molecule has 8 nitrogen and oxygen atoms in total. The van der Waals surface area contributed by atoms with Gasteiger partial charge in [-0.1, -0.05) is 12.1 Å². The summed E-state index contributed by atoms with van der Waals surface area (Å²) in [6.07, 6.45) is 4.92. The van der Waals surface area contributed by atoms with Crippen LogP contribution in [0, 0.1) is 11.8 Å². The summed E-state index contributed by atoms with van der Waals surface area (Å²) >= 11 is 0. The van der Waals surface area contributed by atoms with Crippen LogP contribution in [0.4, 0.5) is 5.69 Å². The van der Waals surface area contributed by atoms with E-state index in [1.54, 1.807) is 14.2 Å². The van der Waals surface area contributed by atoms with Crippen LogP contribution >= 0.6 is 0 Å². The Morgan fingerprint density at radius 3 is 2.46 bits per heavy atom. The molecule has 2 fully saturated rings. The highest BCUT2D eigenvalue weighted by Gasteiger charge is 2.39. The number of anilines is 1. The summed E-state index contributed by atoms with van der Waals surface area (Å²) in [5.74, 6) is 1.05. The molecule has 2 saturated heterocycles. The molecule has 39 heavy (non-hydrogen) atoms. The standard InChI is InChI=1S/C31H42N4O4/c1-33(2)27-12-13-35(20-27)31(37)25-15-24(30(36)32-26-10-9-22-6-5-7-23(22)16-26)18-34(19-25)17-21-8-11-28(38-3)29(14-21)39-4/h8-11,14,16,24-25,27H,5-7,12-13,15,17-20H2,1-4H3,(H,32,36)/t24-,25+,27?/m1/s1. The Morgan fingerprint density at radius 2 is 1.72 bits per heavy atom. The number of nitrogens with one attached hydrogen (secondary N) is 1. The molecule has 2 aromatic rings. The number of rotatable bonds is 8. The molecule has 2 heterocycles. The first-order valence-electron chi connectivity index (χ1n) is 14.2. The second kappa shape index (κ2) is 12.0. The van der Waals surface area contributed by atoms with E-state index in [4.69, 9.17) is 9.47 Å². The molecule has 8 heteroatoms. The van der Waals surface area contributed by atoms with Crippen LogP contribution in [-0.4, -0.2) is 87.0 Å². The lowest BCUT2D eigenvalue weighted by molar-refractivity contribution is -0.138. The lowest BCUT2D eigenvalue weighted by Gasteiger charge is -2.38. The largest absolute Gasteiger partial charge is 0.493 e. The number of piperidine rings is 1. The number of hydrogen-bond acceptors (Lipinski definition) is 6. The monoisotopic (exact) mass is 534 g/mol. The van der Waals surface area contributed by atoms with E-state index in [1.165, 1.54) is 17.5 Å². The van der Waals surface area contributed by atoms with Crippen LogP contribution in [0.5, 0.6) is 11.5 Å². The molecular formula is C31H42N4O4. The first kappa shape index (κ1) is 27.5. The number of amides is 2.